The number of hydrogen-bond acceptors (Lipinski definition) is 5. The number of hydrogen-bond donors (Lipinski definition) is 2. The number of carbonyl (C=O) groups is 2. The monoisotopic (exact) mass is 509 g/mol. The molecule has 0 spiro atoms. The zero-order valence-electron chi connectivity index (χ0n) is 19.2. The van der Waals surface area contributed by atoms with Gasteiger partial charge in [0.15, 0.2) is 4.34 Å². The van der Waals surface area contributed by atoms with Crippen molar-refractivity contribution in [3.05, 3.63) is 81.9 Å². The van der Waals surface area contributed by atoms with Crippen molar-refractivity contribution in [1.29, 1.82) is 0 Å². The van der Waals surface area contributed by atoms with Crippen LogP contribution in [0.1, 0.15) is 34.0 Å². The van der Waals surface area contributed by atoms with Gasteiger partial charge in [-0.15, -0.1) is 11.3 Å². The van der Waals surface area contributed by atoms with Crippen LogP contribution in [0.25, 0.3) is 10.2 Å². The van der Waals surface area contributed by atoms with Gasteiger partial charge >= 0.3 is 0 Å². The number of nitrogens with one attached hydrogen (secondary N) is 2. The number of benzene rings is 3. The third-order valence-corrected chi connectivity index (χ3v) is 7.77. The second-order valence-corrected chi connectivity index (χ2v) is 11.2. The van der Waals surface area contributed by atoms with E-state index in [1.807, 2.05) is 45.9 Å². The number of amides is 2. The standard InChI is InChI=1S/C26H24ClN3O2S2/c1-14-11-15(2)23(16(3)12-14)30-24(31)17(4)33-26-29-21-10-9-20(13-22(21)34-26)28-25(32)18-5-7-19(27)8-6-18/h5-13,17H,1-4H3,(H,28,32)(H,30,31)/t17-/m1/s1. The fourth-order valence-corrected chi connectivity index (χ4v) is 6.02. The lowest BCUT2D eigenvalue weighted by atomic mass is 10.1. The van der Waals surface area contributed by atoms with Gasteiger partial charge < -0.3 is 10.6 Å². The highest BCUT2D eigenvalue weighted by molar-refractivity contribution is 8.02. The van der Waals surface area contributed by atoms with E-state index in [2.05, 4.69) is 27.8 Å². The van der Waals surface area contributed by atoms with Crippen LogP contribution in [0, 0.1) is 20.8 Å². The van der Waals surface area contributed by atoms with Gasteiger partial charge in [-0.1, -0.05) is 41.1 Å². The molecule has 4 aromatic rings. The van der Waals surface area contributed by atoms with Crippen molar-refractivity contribution in [1.82, 2.24) is 4.98 Å². The van der Waals surface area contributed by atoms with E-state index in [-0.39, 0.29) is 17.1 Å². The van der Waals surface area contributed by atoms with Crippen molar-refractivity contribution in [2.24, 2.45) is 0 Å². The van der Waals surface area contributed by atoms with E-state index >= 15 is 0 Å². The molecule has 0 radical (unpaired) electrons. The molecular formula is C26H24ClN3O2S2. The van der Waals surface area contributed by atoms with Crippen molar-refractivity contribution in [2.45, 2.75) is 37.3 Å². The highest BCUT2D eigenvalue weighted by Gasteiger charge is 2.19. The molecule has 3 aromatic carbocycles. The lowest BCUT2D eigenvalue weighted by Crippen LogP contribution is -2.23. The fourth-order valence-electron chi connectivity index (χ4n) is 3.64. The summed E-state index contributed by atoms with van der Waals surface area (Å²) >= 11 is 8.82. The van der Waals surface area contributed by atoms with Crippen LogP contribution in [-0.4, -0.2) is 22.0 Å². The van der Waals surface area contributed by atoms with Crippen LogP contribution in [0.4, 0.5) is 11.4 Å². The Bertz CT molecular complexity index is 1360. The maximum absolute atomic E-state index is 12.8. The number of halogens is 1. The lowest BCUT2D eigenvalue weighted by molar-refractivity contribution is -0.115. The SMILES string of the molecule is Cc1cc(C)c(NC(=O)[C@@H](C)Sc2nc3ccc(NC(=O)c4ccc(Cl)cc4)cc3s2)c(C)c1. The molecule has 0 aliphatic heterocycles. The molecular weight excluding hydrogens is 486 g/mol. The third kappa shape index (κ3) is 5.60. The Labute approximate surface area is 211 Å². The van der Waals surface area contributed by atoms with Crippen LogP contribution in [0.5, 0.6) is 0 Å². The van der Waals surface area contributed by atoms with Gasteiger partial charge in [0, 0.05) is 22.0 Å². The van der Waals surface area contributed by atoms with E-state index in [1.54, 1.807) is 24.3 Å². The Morgan fingerprint density at radius 3 is 2.32 bits per heavy atom. The van der Waals surface area contributed by atoms with Crippen molar-refractivity contribution in [3.8, 4) is 0 Å². The number of thioether (sulfide) groups is 1. The van der Waals surface area contributed by atoms with Crippen molar-refractivity contribution in [3.63, 3.8) is 0 Å². The highest BCUT2D eigenvalue weighted by Crippen LogP contribution is 2.34. The largest absolute Gasteiger partial charge is 0.325 e. The van der Waals surface area contributed by atoms with Crippen molar-refractivity contribution in [2.75, 3.05) is 10.6 Å². The van der Waals surface area contributed by atoms with Crippen molar-refractivity contribution >= 4 is 68.1 Å². The fraction of sp³-hybridized carbons (Fsp3) is 0.192. The number of rotatable bonds is 6. The molecule has 0 aliphatic carbocycles. The summed E-state index contributed by atoms with van der Waals surface area (Å²) in [6.45, 7) is 7.93. The molecule has 1 atom stereocenters. The van der Waals surface area contributed by atoms with E-state index in [4.69, 9.17) is 11.6 Å². The highest BCUT2D eigenvalue weighted by atomic mass is 35.5. The maximum Gasteiger partial charge on any atom is 0.255 e. The van der Waals surface area contributed by atoms with Crippen LogP contribution in [-0.2, 0) is 4.79 Å². The first kappa shape index (κ1) is 24.3. The summed E-state index contributed by atoms with van der Waals surface area (Å²) in [5.74, 6) is -0.266. The normalized spacial score (nSPS) is 11.9. The molecule has 0 unspecified atom stereocenters. The Kier molecular flexibility index (Phi) is 7.26. The van der Waals surface area contributed by atoms with E-state index in [9.17, 15) is 9.59 Å². The van der Waals surface area contributed by atoms with Crippen LogP contribution in [0.2, 0.25) is 5.02 Å². The van der Waals surface area contributed by atoms with Gasteiger partial charge in [0.2, 0.25) is 5.91 Å². The average Bonchev–Trinajstić information content (AvgIpc) is 3.17. The van der Waals surface area contributed by atoms with E-state index in [0.29, 0.717) is 16.3 Å². The van der Waals surface area contributed by atoms with Gasteiger partial charge in [-0.05, 0) is 81.3 Å². The molecule has 0 aliphatic rings. The van der Waals surface area contributed by atoms with Crippen LogP contribution in [0.15, 0.2) is 58.9 Å². The molecule has 0 fully saturated rings. The van der Waals surface area contributed by atoms with Crippen LogP contribution < -0.4 is 10.6 Å². The first-order chi connectivity index (χ1) is 16.2. The number of fused-ring (bicyclic) bond motifs is 1. The Hall–Kier alpha value is -2.87. The van der Waals surface area contributed by atoms with Gasteiger partial charge in [-0.2, -0.15) is 0 Å². The topological polar surface area (TPSA) is 71.1 Å². The van der Waals surface area contributed by atoms with E-state index in [1.165, 1.54) is 28.7 Å². The molecule has 1 heterocycles. The number of aryl methyl sites for hydroxylation is 3. The van der Waals surface area contributed by atoms with Crippen LogP contribution >= 0.6 is 34.7 Å². The minimum atomic E-state index is -0.315. The first-order valence-corrected chi connectivity index (χ1v) is 12.8. The summed E-state index contributed by atoms with van der Waals surface area (Å²) < 4.78 is 1.74. The van der Waals surface area contributed by atoms with Crippen LogP contribution in [0.3, 0.4) is 0 Å². The number of nitrogens with zero attached hydrogens (tertiary/aromatic N) is 1. The second-order valence-electron chi connectivity index (χ2n) is 8.15. The Morgan fingerprint density at radius 2 is 1.65 bits per heavy atom. The predicted octanol–water partition coefficient (Wildman–Crippen LogP) is 7.25. The third-order valence-electron chi connectivity index (χ3n) is 5.31. The summed E-state index contributed by atoms with van der Waals surface area (Å²) in [6.07, 6.45) is 0. The van der Waals surface area contributed by atoms with Gasteiger partial charge in [0.25, 0.3) is 5.91 Å². The van der Waals surface area contributed by atoms with E-state index in [0.717, 1.165) is 31.4 Å². The maximum atomic E-state index is 12.8. The molecule has 34 heavy (non-hydrogen) atoms. The van der Waals surface area contributed by atoms with Gasteiger partial charge in [0.05, 0.1) is 15.5 Å². The zero-order valence-corrected chi connectivity index (χ0v) is 21.6. The Balaban J connectivity index is 1.44. The predicted molar refractivity (Wildman–Crippen MR) is 144 cm³/mol. The number of carbonyl (C=O) groups excluding carboxylic acids is 2. The number of thiazole rings is 1. The molecule has 4 rings (SSSR count). The lowest BCUT2D eigenvalue weighted by Gasteiger charge is -2.15. The quantitative estimate of drug-likeness (QED) is 0.268. The minimum Gasteiger partial charge on any atom is -0.325 e. The minimum absolute atomic E-state index is 0.0600. The number of aromatic nitrogens is 1. The van der Waals surface area contributed by atoms with Gasteiger partial charge in [-0.3, -0.25) is 9.59 Å². The molecule has 0 saturated carbocycles. The smallest absolute Gasteiger partial charge is 0.255 e. The first-order valence-electron chi connectivity index (χ1n) is 10.7. The summed E-state index contributed by atoms with van der Waals surface area (Å²) in [4.78, 5) is 30.0. The number of anilines is 2. The summed E-state index contributed by atoms with van der Waals surface area (Å²) in [7, 11) is 0. The molecule has 5 nitrogen and oxygen atoms in total. The van der Waals surface area contributed by atoms with Gasteiger partial charge in [0.1, 0.15) is 0 Å². The summed E-state index contributed by atoms with van der Waals surface area (Å²) in [6, 6.07) is 16.5. The van der Waals surface area contributed by atoms with Crippen molar-refractivity contribution < 1.29 is 9.59 Å². The van der Waals surface area contributed by atoms with E-state index < -0.39 is 0 Å². The molecule has 8 heteroatoms. The molecule has 2 N–H and O–H groups in total. The molecule has 174 valence electrons. The summed E-state index contributed by atoms with van der Waals surface area (Å²) in [5, 5.41) is 6.24. The Morgan fingerprint density at radius 1 is 0.971 bits per heavy atom. The zero-order chi connectivity index (χ0) is 24.4. The summed E-state index contributed by atoms with van der Waals surface area (Å²) in [5.41, 5.74) is 6.19. The molecule has 0 saturated heterocycles. The second kappa shape index (κ2) is 10.2. The molecule has 1 aromatic heterocycles. The van der Waals surface area contributed by atoms with Gasteiger partial charge in [-0.25, -0.2) is 4.98 Å². The molecule has 0 bridgehead atoms. The average molecular weight is 510 g/mol. The molecule has 2 amide bonds.